The van der Waals surface area contributed by atoms with Crippen molar-refractivity contribution in [1.29, 1.82) is 0 Å². The van der Waals surface area contributed by atoms with Crippen LogP contribution in [0.15, 0.2) is 22.1 Å². The second-order valence-corrected chi connectivity index (χ2v) is 7.73. The topological polar surface area (TPSA) is 0 Å². The zero-order valence-corrected chi connectivity index (χ0v) is 8.41. The van der Waals surface area contributed by atoms with Crippen LogP contribution in [0.4, 0.5) is 0 Å². The van der Waals surface area contributed by atoms with Gasteiger partial charge in [-0.15, -0.1) is 0 Å². The summed E-state index contributed by atoms with van der Waals surface area (Å²) < 4.78 is 4.72. The van der Waals surface area contributed by atoms with Gasteiger partial charge in [-0.25, -0.2) is 0 Å². The summed E-state index contributed by atoms with van der Waals surface area (Å²) in [5.41, 5.74) is 0. The summed E-state index contributed by atoms with van der Waals surface area (Å²) in [6, 6.07) is 0. The summed E-state index contributed by atoms with van der Waals surface area (Å²) >= 11 is -0.704. The van der Waals surface area contributed by atoms with Gasteiger partial charge in [-0.3, -0.25) is 0 Å². The van der Waals surface area contributed by atoms with Crippen molar-refractivity contribution in [1.82, 2.24) is 0 Å². The van der Waals surface area contributed by atoms with Crippen molar-refractivity contribution in [2.24, 2.45) is 0 Å². The van der Waals surface area contributed by atoms with Gasteiger partial charge in [0.05, 0.1) is 0 Å². The summed E-state index contributed by atoms with van der Waals surface area (Å²) in [6.07, 6.45) is 8.13. The van der Waals surface area contributed by atoms with E-state index in [-0.39, 0.29) is 0 Å². The Hall–Kier alpha value is 0.194. The van der Waals surface area contributed by atoms with Crippen LogP contribution >= 0.6 is 0 Å². The first kappa shape index (κ1) is 8.29. The number of hydrogen-bond donors (Lipinski definition) is 0. The molecular weight excluding hydrogens is 156 g/mol. The van der Waals surface area contributed by atoms with E-state index in [0.29, 0.717) is 0 Å². The van der Waals surface area contributed by atoms with Gasteiger partial charge in [0.25, 0.3) is 0 Å². The summed E-state index contributed by atoms with van der Waals surface area (Å²) in [4.78, 5) is 0. The molecule has 1 aliphatic rings. The summed E-state index contributed by atoms with van der Waals surface area (Å²) in [6.45, 7) is 4.69. The fourth-order valence-corrected chi connectivity index (χ4v) is 4.77. The van der Waals surface area contributed by atoms with Crippen LogP contribution in [-0.4, -0.2) is 0 Å². The van der Waals surface area contributed by atoms with E-state index in [2.05, 4.69) is 32.1 Å². The first-order valence-electron chi connectivity index (χ1n) is 4.09. The fraction of sp³-hybridized carbons (Fsp3) is 0.556. The number of rotatable bonds is 3. The van der Waals surface area contributed by atoms with E-state index >= 15 is 0 Å². The normalized spacial score (nSPS) is 15.6. The molecule has 0 aliphatic heterocycles. The van der Waals surface area contributed by atoms with Crippen molar-refractivity contribution in [3.8, 4) is 0 Å². The number of hydrogen-bond acceptors (Lipinski definition) is 0. The molecule has 0 radical (unpaired) electrons. The molecule has 0 nitrogen and oxygen atoms in total. The first-order chi connectivity index (χ1) is 4.88. The van der Waals surface area contributed by atoms with E-state index < -0.39 is 17.9 Å². The van der Waals surface area contributed by atoms with Gasteiger partial charge in [0, 0.05) is 0 Å². The first-order valence-corrected chi connectivity index (χ1v) is 7.08. The molecule has 0 spiro atoms. The molecule has 0 amide bonds. The second-order valence-electron chi connectivity index (χ2n) is 2.63. The van der Waals surface area contributed by atoms with Crippen molar-refractivity contribution in [3.63, 3.8) is 0 Å². The van der Waals surface area contributed by atoms with E-state index in [0.717, 1.165) is 0 Å². The average Bonchev–Trinajstić information content (AvgIpc) is 2.43. The molecule has 0 aromatic carbocycles. The van der Waals surface area contributed by atoms with Crippen LogP contribution in [0.2, 0.25) is 9.45 Å². The SMILES string of the molecule is C[CH2][Ti]([CH2]C)[C]1=CC=CC1. The van der Waals surface area contributed by atoms with Gasteiger partial charge in [-0.1, -0.05) is 0 Å². The van der Waals surface area contributed by atoms with Gasteiger partial charge < -0.3 is 0 Å². The molecule has 0 fully saturated rings. The van der Waals surface area contributed by atoms with Crippen LogP contribution in [0.25, 0.3) is 0 Å². The molecule has 0 aromatic heterocycles. The Morgan fingerprint density at radius 1 is 1.40 bits per heavy atom. The molecule has 0 bridgehead atoms. The second kappa shape index (κ2) is 4.15. The van der Waals surface area contributed by atoms with Gasteiger partial charge >= 0.3 is 69.7 Å². The molecule has 0 N–H and O–H groups in total. The minimum atomic E-state index is -0.704. The predicted molar refractivity (Wildman–Crippen MR) is 42.8 cm³/mol. The molecule has 1 rings (SSSR count). The van der Waals surface area contributed by atoms with E-state index in [1.165, 1.54) is 15.9 Å². The van der Waals surface area contributed by atoms with Crippen molar-refractivity contribution < 1.29 is 17.9 Å². The summed E-state index contributed by atoms with van der Waals surface area (Å²) in [5.74, 6) is 0. The molecule has 1 aliphatic carbocycles. The molecule has 0 saturated heterocycles. The monoisotopic (exact) mass is 171 g/mol. The third-order valence-corrected chi connectivity index (χ3v) is 6.74. The van der Waals surface area contributed by atoms with Gasteiger partial charge in [0.15, 0.2) is 0 Å². The summed E-state index contributed by atoms with van der Waals surface area (Å²) in [7, 11) is 0. The zero-order valence-electron chi connectivity index (χ0n) is 6.85. The predicted octanol–water partition coefficient (Wildman–Crippen LogP) is 3.32. The summed E-state index contributed by atoms with van der Waals surface area (Å²) in [5, 5.41) is 0. The van der Waals surface area contributed by atoms with Gasteiger partial charge in [-0.2, -0.15) is 0 Å². The molecule has 0 aromatic rings. The third kappa shape index (κ3) is 1.84. The van der Waals surface area contributed by atoms with E-state index in [1.807, 2.05) is 0 Å². The van der Waals surface area contributed by atoms with Crippen LogP contribution in [-0.2, 0) is 17.9 Å². The molecule has 0 saturated carbocycles. The maximum atomic E-state index is 2.35. The average molecular weight is 171 g/mol. The van der Waals surface area contributed by atoms with Crippen LogP contribution in [0.1, 0.15) is 20.3 Å². The Bertz CT molecular complexity index is 152. The maximum absolute atomic E-state index is 2.35. The molecule has 1 heteroatoms. The van der Waals surface area contributed by atoms with Gasteiger partial charge in [0.1, 0.15) is 0 Å². The molecule has 0 unspecified atom stereocenters. The Morgan fingerprint density at radius 2 is 2.10 bits per heavy atom. The van der Waals surface area contributed by atoms with Crippen LogP contribution < -0.4 is 0 Å². The zero-order chi connectivity index (χ0) is 7.40. The van der Waals surface area contributed by atoms with E-state index in [9.17, 15) is 0 Å². The van der Waals surface area contributed by atoms with Crippen molar-refractivity contribution in [2.75, 3.05) is 0 Å². The molecule has 0 atom stereocenters. The van der Waals surface area contributed by atoms with E-state index in [4.69, 9.17) is 0 Å². The number of allylic oxidation sites excluding steroid dienone is 4. The van der Waals surface area contributed by atoms with Crippen LogP contribution in [0.3, 0.4) is 0 Å². The minimum absolute atomic E-state index is 0.704. The van der Waals surface area contributed by atoms with Gasteiger partial charge in [-0.05, 0) is 0 Å². The van der Waals surface area contributed by atoms with Crippen LogP contribution in [0, 0.1) is 0 Å². The quantitative estimate of drug-likeness (QED) is 0.571. The fourth-order valence-electron chi connectivity index (χ4n) is 1.41. The molecule has 55 valence electrons. The Labute approximate surface area is 69.9 Å². The molecule has 0 heterocycles. The van der Waals surface area contributed by atoms with Gasteiger partial charge in [0.2, 0.25) is 0 Å². The third-order valence-electron chi connectivity index (χ3n) is 2.08. The standard InChI is InChI=1S/C5H5.2C2H5.Ti/c1-2-4-5-3-1;2*1-2;/h1-3H,4H2;2*1H2,2H3;. The Kier molecular flexibility index (Phi) is 3.44. The van der Waals surface area contributed by atoms with Crippen molar-refractivity contribution >= 4 is 0 Å². The van der Waals surface area contributed by atoms with Crippen molar-refractivity contribution in [3.05, 3.63) is 22.1 Å². The Morgan fingerprint density at radius 3 is 2.50 bits per heavy atom. The molecule has 10 heavy (non-hydrogen) atoms. The van der Waals surface area contributed by atoms with Crippen LogP contribution in [0.5, 0.6) is 0 Å². The molecular formula is C9H15Ti. The van der Waals surface area contributed by atoms with Crippen molar-refractivity contribution in [2.45, 2.75) is 29.7 Å². The van der Waals surface area contributed by atoms with E-state index in [1.54, 1.807) is 3.88 Å². The Balaban J connectivity index is 2.47.